The van der Waals surface area contributed by atoms with Gasteiger partial charge in [-0.1, -0.05) is 12.1 Å². The zero-order chi connectivity index (χ0) is 22.5. The third-order valence-corrected chi connectivity index (χ3v) is 6.06. The molecule has 1 aromatic heterocycles. The van der Waals surface area contributed by atoms with Crippen LogP contribution in [0.25, 0.3) is 5.69 Å². The highest BCUT2D eigenvalue weighted by Crippen LogP contribution is 2.20. The fraction of sp³-hybridized carbons (Fsp3) is 0.308. The lowest BCUT2D eigenvalue weighted by atomic mass is 10.1. The average molecular weight is 432 g/mol. The highest BCUT2D eigenvalue weighted by Gasteiger charge is 2.23. The number of ether oxygens (including phenoxy) is 1. The first-order valence-corrected chi connectivity index (χ1v) is 11.0. The van der Waals surface area contributed by atoms with Crippen molar-refractivity contribution < 1.29 is 14.3 Å². The van der Waals surface area contributed by atoms with Gasteiger partial charge in [-0.05, 0) is 73.9 Å². The molecule has 0 atom stereocenters. The summed E-state index contributed by atoms with van der Waals surface area (Å²) in [5.41, 5.74) is 3.87. The number of carbonyl (C=O) groups is 2. The van der Waals surface area contributed by atoms with Gasteiger partial charge in [0.1, 0.15) is 5.75 Å². The van der Waals surface area contributed by atoms with Gasteiger partial charge in [0, 0.05) is 49.8 Å². The van der Waals surface area contributed by atoms with Gasteiger partial charge in [0.25, 0.3) is 11.8 Å². The lowest BCUT2D eigenvalue weighted by molar-refractivity contribution is -0.133. The number of aromatic nitrogens is 1. The van der Waals surface area contributed by atoms with Crippen LogP contribution in [0.1, 0.15) is 27.9 Å². The molecule has 6 nitrogen and oxygen atoms in total. The van der Waals surface area contributed by atoms with E-state index in [4.69, 9.17) is 4.74 Å². The number of rotatable bonds is 5. The summed E-state index contributed by atoms with van der Waals surface area (Å²) in [5, 5.41) is 0. The summed E-state index contributed by atoms with van der Waals surface area (Å²) < 4.78 is 7.79. The average Bonchev–Trinajstić information content (AvgIpc) is 3.24. The highest BCUT2D eigenvalue weighted by molar-refractivity contribution is 5.94. The van der Waals surface area contributed by atoms with Gasteiger partial charge in [-0.2, -0.15) is 0 Å². The Hall–Kier alpha value is -3.54. The molecule has 0 aliphatic carbocycles. The summed E-state index contributed by atoms with van der Waals surface area (Å²) in [6.45, 7) is 6.34. The van der Waals surface area contributed by atoms with Gasteiger partial charge in [-0.25, -0.2) is 0 Å². The molecule has 166 valence electrons. The van der Waals surface area contributed by atoms with E-state index in [1.165, 1.54) is 0 Å². The van der Waals surface area contributed by atoms with Crippen molar-refractivity contribution in [3.05, 3.63) is 83.7 Å². The van der Waals surface area contributed by atoms with E-state index in [2.05, 4.69) is 0 Å². The lowest BCUT2D eigenvalue weighted by Crippen LogP contribution is -2.39. The first kappa shape index (κ1) is 21.7. The summed E-state index contributed by atoms with van der Waals surface area (Å²) in [7, 11) is 0. The fourth-order valence-corrected chi connectivity index (χ4v) is 3.95. The molecular formula is C26H29N3O3. The monoisotopic (exact) mass is 431 g/mol. The minimum absolute atomic E-state index is 0.00462. The summed E-state index contributed by atoms with van der Waals surface area (Å²) in [5.74, 6) is 0.703. The van der Waals surface area contributed by atoms with Crippen molar-refractivity contribution in [2.45, 2.75) is 20.3 Å². The van der Waals surface area contributed by atoms with E-state index in [9.17, 15) is 9.59 Å². The van der Waals surface area contributed by atoms with Crippen LogP contribution in [0.4, 0.5) is 0 Å². The number of hydrogen-bond donors (Lipinski definition) is 0. The molecule has 3 aromatic rings. The van der Waals surface area contributed by atoms with E-state index in [-0.39, 0.29) is 18.4 Å². The van der Waals surface area contributed by atoms with Crippen LogP contribution in [0, 0.1) is 13.8 Å². The molecule has 2 amide bonds. The molecule has 1 aliphatic heterocycles. The number of benzene rings is 2. The first-order chi connectivity index (χ1) is 15.5. The zero-order valence-corrected chi connectivity index (χ0v) is 18.7. The Labute approximate surface area is 189 Å². The molecule has 6 heteroatoms. The SMILES string of the molecule is Cc1cccc(OCC(=O)N2CCCN(C(=O)c3ccc(-n4cccc4)cc3)CC2)c1C. The van der Waals surface area contributed by atoms with Crippen LogP contribution in [0.5, 0.6) is 5.75 Å². The van der Waals surface area contributed by atoms with Gasteiger partial charge >= 0.3 is 0 Å². The molecule has 32 heavy (non-hydrogen) atoms. The quantitative estimate of drug-likeness (QED) is 0.617. The van der Waals surface area contributed by atoms with E-state index in [1.807, 2.05) is 90.3 Å². The van der Waals surface area contributed by atoms with E-state index >= 15 is 0 Å². The summed E-state index contributed by atoms with van der Waals surface area (Å²) in [4.78, 5) is 29.3. The molecular weight excluding hydrogens is 402 g/mol. The predicted molar refractivity (Wildman–Crippen MR) is 124 cm³/mol. The van der Waals surface area contributed by atoms with Crippen LogP contribution in [-0.2, 0) is 4.79 Å². The van der Waals surface area contributed by atoms with Crippen molar-refractivity contribution in [1.29, 1.82) is 0 Å². The van der Waals surface area contributed by atoms with Crippen LogP contribution in [0.2, 0.25) is 0 Å². The maximum atomic E-state index is 13.0. The van der Waals surface area contributed by atoms with E-state index < -0.39 is 0 Å². The van der Waals surface area contributed by atoms with Crippen molar-refractivity contribution in [1.82, 2.24) is 14.4 Å². The molecule has 0 radical (unpaired) electrons. The van der Waals surface area contributed by atoms with Gasteiger partial charge in [0.15, 0.2) is 6.61 Å². The third-order valence-electron chi connectivity index (χ3n) is 6.06. The molecule has 0 bridgehead atoms. The predicted octanol–water partition coefficient (Wildman–Crippen LogP) is 3.85. The topological polar surface area (TPSA) is 54.8 Å². The van der Waals surface area contributed by atoms with Crippen molar-refractivity contribution in [2.24, 2.45) is 0 Å². The summed E-state index contributed by atoms with van der Waals surface area (Å²) in [6.07, 6.45) is 4.70. The number of hydrogen-bond acceptors (Lipinski definition) is 3. The van der Waals surface area contributed by atoms with Crippen LogP contribution in [0.3, 0.4) is 0 Å². The minimum Gasteiger partial charge on any atom is -0.483 e. The molecule has 2 aromatic carbocycles. The van der Waals surface area contributed by atoms with Gasteiger partial charge in [0.05, 0.1) is 0 Å². The Morgan fingerprint density at radius 3 is 2.28 bits per heavy atom. The Bertz CT molecular complexity index is 1070. The van der Waals surface area contributed by atoms with Gasteiger partial charge in [-0.15, -0.1) is 0 Å². The molecule has 0 unspecified atom stereocenters. The normalized spacial score (nSPS) is 14.2. The first-order valence-electron chi connectivity index (χ1n) is 11.0. The Morgan fingerprint density at radius 1 is 0.844 bits per heavy atom. The van der Waals surface area contributed by atoms with Crippen LogP contribution >= 0.6 is 0 Å². The number of nitrogens with zero attached hydrogens (tertiary/aromatic N) is 3. The van der Waals surface area contributed by atoms with Crippen molar-refractivity contribution in [3.8, 4) is 11.4 Å². The lowest BCUT2D eigenvalue weighted by Gasteiger charge is -2.22. The minimum atomic E-state index is -0.0451. The van der Waals surface area contributed by atoms with Gasteiger partial charge in [0.2, 0.25) is 0 Å². The second kappa shape index (κ2) is 9.73. The van der Waals surface area contributed by atoms with Crippen molar-refractivity contribution in [2.75, 3.05) is 32.8 Å². The number of amides is 2. The largest absolute Gasteiger partial charge is 0.483 e. The van der Waals surface area contributed by atoms with E-state index in [0.29, 0.717) is 31.7 Å². The zero-order valence-electron chi connectivity index (χ0n) is 18.7. The molecule has 0 saturated carbocycles. The van der Waals surface area contributed by atoms with Crippen LogP contribution in [-0.4, -0.2) is 59.0 Å². The molecule has 1 saturated heterocycles. The summed E-state index contributed by atoms with van der Waals surface area (Å²) in [6, 6.07) is 17.4. The Kier molecular flexibility index (Phi) is 6.59. The van der Waals surface area contributed by atoms with E-state index in [1.54, 1.807) is 4.90 Å². The fourth-order valence-electron chi connectivity index (χ4n) is 3.95. The second-order valence-corrected chi connectivity index (χ2v) is 8.15. The van der Waals surface area contributed by atoms with E-state index in [0.717, 1.165) is 29.0 Å². The van der Waals surface area contributed by atoms with Crippen molar-refractivity contribution in [3.63, 3.8) is 0 Å². The molecule has 1 aliphatic rings. The summed E-state index contributed by atoms with van der Waals surface area (Å²) >= 11 is 0. The highest BCUT2D eigenvalue weighted by atomic mass is 16.5. The van der Waals surface area contributed by atoms with Crippen LogP contribution < -0.4 is 4.74 Å². The molecule has 2 heterocycles. The molecule has 0 spiro atoms. The second-order valence-electron chi connectivity index (χ2n) is 8.15. The third kappa shape index (κ3) is 4.85. The molecule has 0 N–H and O–H groups in total. The molecule has 4 rings (SSSR count). The number of aryl methyl sites for hydroxylation is 1. The Balaban J connectivity index is 1.32. The maximum Gasteiger partial charge on any atom is 0.260 e. The molecule has 1 fully saturated rings. The van der Waals surface area contributed by atoms with Gasteiger partial charge in [-0.3, -0.25) is 9.59 Å². The van der Waals surface area contributed by atoms with Gasteiger partial charge < -0.3 is 19.1 Å². The smallest absolute Gasteiger partial charge is 0.260 e. The van der Waals surface area contributed by atoms with Crippen molar-refractivity contribution >= 4 is 11.8 Å². The Morgan fingerprint density at radius 2 is 1.53 bits per heavy atom. The maximum absolute atomic E-state index is 13.0. The standard InChI is InChI=1S/C26H29N3O3/c1-20-7-5-8-24(21(20)2)32-19-25(30)28-15-6-16-29(18-17-28)26(31)22-9-11-23(12-10-22)27-13-3-4-14-27/h3-5,7-14H,6,15-19H2,1-2H3. The number of carbonyl (C=O) groups excluding carboxylic acids is 2. The van der Waals surface area contributed by atoms with Crippen LogP contribution in [0.15, 0.2) is 67.0 Å².